The number of amides is 2. The van der Waals surface area contributed by atoms with Crippen molar-refractivity contribution in [3.8, 4) is 11.5 Å². The van der Waals surface area contributed by atoms with Crippen molar-refractivity contribution < 1.29 is 27.4 Å². The second-order valence-electron chi connectivity index (χ2n) is 6.79. The van der Waals surface area contributed by atoms with E-state index in [1.54, 1.807) is 24.5 Å². The molecule has 0 atom stereocenters. The normalized spacial score (nSPS) is 19.3. The lowest BCUT2D eigenvalue weighted by molar-refractivity contribution is -0.137. The van der Waals surface area contributed by atoms with Crippen LogP contribution < -0.4 is 20.1 Å². The van der Waals surface area contributed by atoms with Crippen LogP contribution >= 0.6 is 0 Å². The molecule has 2 amide bonds. The minimum absolute atomic E-state index is 0.0328. The molecule has 3 rings (SSSR count). The number of ether oxygens (including phenoxy) is 2. The van der Waals surface area contributed by atoms with E-state index in [1.165, 1.54) is 13.2 Å². The van der Waals surface area contributed by atoms with Crippen molar-refractivity contribution in [1.82, 2.24) is 10.3 Å². The molecule has 2 N–H and O–H groups in total. The van der Waals surface area contributed by atoms with Gasteiger partial charge in [-0.2, -0.15) is 13.2 Å². The number of rotatable bonds is 5. The highest BCUT2D eigenvalue weighted by Gasteiger charge is 2.31. The average molecular weight is 409 g/mol. The number of methoxy groups -OCH3 is 1. The zero-order valence-corrected chi connectivity index (χ0v) is 15.8. The largest absolute Gasteiger partial charge is 0.495 e. The van der Waals surface area contributed by atoms with Gasteiger partial charge in [0.2, 0.25) is 0 Å². The highest BCUT2D eigenvalue weighted by Crippen LogP contribution is 2.35. The lowest BCUT2D eigenvalue weighted by atomic mass is 9.93. The molecule has 2 aromatic rings. The summed E-state index contributed by atoms with van der Waals surface area (Å²) >= 11 is 0. The molecular weight excluding hydrogens is 387 g/mol. The van der Waals surface area contributed by atoms with Gasteiger partial charge in [0.1, 0.15) is 11.5 Å². The Labute approximate surface area is 166 Å². The summed E-state index contributed by atoms with van der Waals surface area (Å²) in [6.45, 7) is 0. The Hall–Kier alpha value is -2.97. The van der Waals surface area contributed by atoms with Crippen molar-refractivity contribution in [3.05, 3.63) is 48.3 Å². The maximum Gasteiger partial charge on any atom is 0.416 e. The molecule has 6 nitrogen and oxygen atoms in total. The van der Waals surface area contributed by atoms with Crippen LogP contribution in [0.3, 0.4) is 0 Å². The van der Waals surface area contributed by atoms with Gasteiger partial charge in [0.25, 0.3) is 0 Å². The van der Waals surface area contributed by atoms with Gasteiger partial charge < -0.3 is 20.1 Å². The van der Waals surface area contributed by atoms with Gasteiger partial charge in [0.05, 0.1) is 24.5 Å². The highest BCUT2D eigenvalue weighted by molar-refractivity contribution is 5.91. The topological polar surface area (TPSA) is 72.5 Å². The highest BCUT2D eigenvalue weighted by atomic mass is 19.4. The molecule has 1 aliphatic carbocycles. The first-order valence-corrected chi connectivity index (χ1v) is 9.24. The molecule has 0 spiro atoms. The SMILES string of the molecule is COc1ccc(C(F)(F)F)cc1NC(=O)N[C@H]1CC[C@H](Oc2ccncc2)CC1. The van der Waals surface area contributed by atoms with Crippen LogP contribution in [0.15, 0.2) is 42.7 Å². The predicted octanol–water partition coefficient (Wildman–Crippen LogP) is 4.62. The summed E-state index contributed by atoms with van der Waals surface area (Å²) in [4.78, 5) is 16.2. The molecule has 0 bridgehead atoms. The van der Waals surface area contributed by atoms with Crippen LogP contribution in [0.2, 0.25) is 0 Å². The Morgan fingerprint density at radius 3 is 2.41 bits per heavy atom. The fourth-order valence-electron chi connectivity index (χ4n) is 3.26. The number of halogens is 3. The van der Waals surface area contributed by atoms with E-state index in [4.69, 9.17) is 9.47 Å². The number of carbonyl (C=O) groups is 1. The molecular formula is C20H22F3N3O3. The minimum Gasteiger partial charge on any atom is -0.495 e. The molecule has 1 saturated carbocycles. The van der Waals surface area contributed by atoms with Crippen molar-refractivity contribution in [2.45, 2.75) is 44.0 Å². The van der Waals surface area contributed by atoms with E-state index in [-0.39, 0.29) is 23.6 Å². The first-order valence-electron chi connectivity index (χ1n) is 9.24. The number of nitrogens with one attached hydrogen (secondary N) is 2. The fourth-order valence-corrected chi connectivity index (χ4v) is 3.26. The van der Waals surface area contributed by atoms with Gasteiger partial charge in [-0.15, -0.1) is 0 Å². The Morgan fingerprint density at radius 2 is 1.79 bits per heavy atom. The number of nitrogens with zero attached hydrogens (tertiary/aromatic N) is 1. The van der Waals surface area contributed by atoms with E-state index in [9.17, 15) is 18.0 Å². The van der Waals surface area contributed by atoms with E-state index in [0.29, 0.717) is 12.8 Å². The van der Waals surface area contributed by atoms with Crippen LogP contribution in [-0.4, -0.2) is 30.3 Å². The van der Waals surface area contributed by atoms with Crippen LogP contribution in [0.25, 0.3) is 0 Å². The summed E-state index contributed by atoms with van der Waals surface area (Å²) in [7, 11) is 1.33. The molecule has 0 saturated heterocycles. The number of benzene rings is 1. The van der Waals surface area contributed by atoms with Crippen molar-refractivity contribution in [2.24, 2.45) is 0 Å². The molecule has 156 valence electrons. The molecule has 1 aromatic heterocycles. The zero-order valence-electron chi connectivity index (χ0n) is 15.8. The average Bonchev–Trinajstić information content (AvgIpc) is 2.69. The Bertz CT molecular complexity index is 823. The number of pyridine rings is 1. The van der Waals surface area contributed by atoms with Gasteiger partial charge in [0.15, 0.2) is 0 Å². The maximum atomic E-state index is 12.9. The summed E-state index contributed by atoms with van der Waals surface area (Å²) in [5, 5.41) is 5.27. The number of hydrogen-bond donors (Lipinski definition) is 2. The molecule has 1 aromatic carbocycles. The number of urea groups is 1. The van der Waals surface area contributed by atoms with Gasteiger partial charge in [0, 0.05) is 18.4 Å². The molecule has 1 heterocycles. The summed E-state index contributed by atoms with van der Waals surface area (Å²) in [5.74, 6) is 0.911. The standard InChI is InChI=1S/C20H22F3N3O3/c1-28-18-7-2-13(20(21,22)23)12-17(18)26-19(27)25-14-3-5-15(6-4-14)29-16-8-10-24-11-9-16/h2,7-12,14-15H,3-6H2,1H3,(H2,25,26,27)/t14-,15-. The second kappa shape index (κ2) is 9.02. The first kappa shape index (κ1) is 20.8. The summed E-state index contributed by atoms with van der Waals surface area (Å²) in [6, 6.07) is 5.88. The van der Waals surface area contributed by atoms with Crippen LogP contribution in [-0.2, 0) is 6.18 Å². The van der Waals surface area contributed by atoms with Crippen LogP contribution in [0.5, 0.6) is 11.5 Å². The second-order valence-corrected chi connectivity index (χ2v) is 6.79. The lowest BCUT2D eigenvalue weighted by Crippen LogP contribution is -2.41. The number of anilines is 1. The van der Waals surface area contributed by atoms with Crippen LogP contribution in [0.1, 0.15) is 31.2 Å². The number of carbonyl (C=O) groups excluding carboxylic acids is 1. The Morgan fingerprint density at radius 1 is 1.10 bits per heavy atom. The van der Waals surface area contributed by atoms with E-state index in [0.717, 1.165) is 30.7 Å². The maximum absolute atomic E-state index is 12.9. The van der Waals surface area contributed by atoms with Gasteiger partial charge in [-0.3, -0.25) is 4.98 Å². The van der Waals surface area contributed by atoms with Crippen LogP contribution in [0, 0.1) is 0 Å². The number of aromatic nitrogens is 1. The quantitative estimate of drug-likeness (QED) is 0.756. The third kappa shape index (κ3) is 5.75. The molecule has 9 heteroatoms. The van der Waals surface area contributed by atoms with Gasteiger partial charge >= 0.3 is 12.2 Å². The molecule has 0 radical (unpaired) electrons. The molecule has 1 aliphatic rings. The first-order chi connectivity index (χ1) is 13.8. The molecule has 29 heavy (non-hydrogen) atoms. The van der Waals surface area contributed by atoms with Crippen molar-refractivity contribution in [2.75, 3.05) is 12.4 Å². The summed E-state index contributed by atoms with van der Waals surface area (Å²) in [6.07, 6.45) is 1.82. The third-order valence-electron chi connectivity index (χ3n) is 4.74. The summed E-state index contributed by atoms with van der Waals surface area (Å²) in [5.41, 5.74) is -0.892. The lowest BCUT2D eigenvalue weighted by Gasteiger charge is -2.29. The van der Waals surface area contributed by atoms with E-state index < -0.39 is 17.8 Å². The van der Waals surface area contributed by atoms with Gasteiger partial charge in [-0.05, 0) is 56.0 Å². The number of alkyl halides is 3. The molecule has 0 aliphatic heterocycles. The monoisotopic (exact) mass is 409 g/mol. The van der Waals surface area contributed by atoms with E-state index >= 15 is 0 Å². The molecule has 1 fully saturated rings. The van der Waals surface area contributed by atoms with E-state index in [2.05, 4.69) is 15.6 Å². The number of hydrogen-bond acceptors (Lipinski definition) is 4. The van der Waals surface area contributed by atoms with E-state index in [1.807, 2.05) is 0 Å². The van der Waals surface area contributed by atoms with Crippen molar-refractivity contribution in [3.63, 3.8) is 0 Å². The Kier molecular flexibility index (Phi) is 6.46. The van der Waals surface area contributed by atoms with Crippen LogP contribution in [0.4, 0.5) is 23.7 Å². The summed E-state index contributed by atoms with van der Waals surface area (Å²) < 4.78 is 49.7. The van der Waals surface area contributed by atoms with Gasteiger partial charge in [-0.1, -0.05) is 0 Å². The fraction of sp³-hybridized carbons (Fsp3) is 0.400. The Balaban J connectivity index is 1.53. The van der Waals surface area contributed by atoms with Crippen molar-refractivity contribution in [1.29, 1.82) is 0 Å². The minimum atomic E-state index is -4.51. The van der Waals surface area contributed by atoms with Gasteiger partial charge in [-0.25, -0.2) is 4.79 Å². The predicted molar refractivity (Wildman–Crippen MR) is 101 cm³/mol. The smallest absolute Gasteiger partial charge is 0.416 e. The third-order valence-corrected chi connectivity index (χ3v) is 4.74. The zero-order chi connectivity index (χ0) is 20.9. The molecule has 0 unspecified atom stereocenters. The van der Waals surface area contributed by atoms with Crippen molar-refractivity contribution >= 4 is 11.7 Å².